The summed E-state index contributed by atoms with van der Waals surface area (Å²) in [6.45, 7) is 1.71. The maximum absolute atomic E-state index is 11.3. The van der Waals surface area contributed by atoms with Gasteiger partial charge in [0.15, 0.2) is 11.5 Å². The largest absolute Gasteiger partial charge is 0.504 e. The molecule has 1 aromatic carbocycles. The van der Waals surface area contributed by atoms with Gasteiger partial charge in [-0.05, 0) is 6.92 Å². The van der Waals surface area contributed by atoms with Crippen molar-refractivity contribution in [3.63, 3.8) is 0 Å². The molecule has 0 atom stereocenters. The van der Waals surface area contributed by atoms with E-state index in [0.717, 1.165) is 0 Å². The molecule has 5 nitrogen and oxygen atoms in total. The van der Waals surface area contributed by atoms with Gasteiger partial charge in [-0.15, -0.1) is 0 Å². The monoisotopic (exact) mass is 210 g/mol. The van der Waals surface area contributed by atoms with Crippen molar-refractivity contribution in [1.82, 2.24) is 0 Å². The molecule has 0 unspecified atom stereocenters. The Morgan fingerprint density at radius 2 is 2.00 bits per heavy atom. The molecule has 2 rings (SSSR count). The van der Waals surface area contributed by atoms with Crippen LogP contribution in [0.25, 0.3) is 0 Å². The SMILES string of the molecule is COc1c(O)c(C)c2c(c1O)C(=O)OC2. The number of aromatic hydroxyl groups is 2. The van der Waals surface area contributed by atoms with Crippen molar-refractivity contribution in [2.75, 3.05) is 7.11 Å². The van der Waals surface area contributed by atoms with E-state index in [-0.39, 0.29) is 29.4 Å². The second-order valence-corrected chi connectivity index (χ2v) is 3.29. The summed E-state index contributed by atoms with van der Waals surface area (Å²) in [5.41, 5.74) is 1.09. The average Bonchev–Trinajstić information content (AvgIpc) is 2.58. The summed E-state index contributed by atoms with van der Waals surface area (Å²) in [4.78, 5) is 11.3. The normalized spacial score (nSPS) is 13.6. The average molecular weight is 210 g/mol. The van der Waals surface area contributed by atoms with Crippen LogP contribution in [-0.4, -0.2) is 23.3 Å². The lowest BCUT2D eigenvalue weighted by molar-refractivity contribution is 0.0532. The van der Waals surface area contributed by atoms with Crippen molar-refractivity contribution >= 4 is 5.97 Å². The third-order valence-electron chi connectivity index (χ3n) is 2.53. The van der Waals surface area contributed by atoms with Gasteiger partial charge in [-0.3, -0.25) is 0 Å². The quantitative estimate of drug-likeness (QED) is 0.678. The highest BCUT2D eigenvalue weighted by Crippen LogP contribution is 2.45. The maximum atomic E-state index is 11.3. The van der Waals surface area contributed by atoms with Crippen molar-refractivity contribution in [2.24, 2.45) is 0 Å². The zero-order valence-corrected chi connectivity index (χ0v) is 8.33. The number of hydrogen-bond donors (Lipinski definition) is 2. The van der Waals surface area contributed by atoms with Gasteiger partial charge in [-0.25, -0.2) is 4.79 Å². The number of cyclic esters (lactones) is 1. The van der Waals surface area contributed by atoms with Crippen LogP contribution in [0.3, 0.4) is 0 Å². The van der Waals surface area contributed by atoms with E-state index in [4.69, 9.17) is 9.47 Å². The third-order valence-corrected chi connectivity index (χ3v) is 2.53. The molecule has 0 saturated carbocycles. The van der Waals surface area contributed by atoms with Crippen LogP contribution in [0.2, 0.25) is 0 Å². The van der Waals surface area contributed by atoms with Gasteiger partial charge in [0.1, 0.15) is 12.2 Å². The summed E-state index contributed by atoms with van der Waals surface area (Å²) < 4.78 is 9.60. The summed E-state index contributed by atoms with van der Waals surface area (Å²) >= 11 is 0. The number of carbonyl (C=O) groups excluding carboxylic acids is 1. The number of ether oxygens (including phenoxy) is 2. The van der Waals surface area contributed by atoms with Crippen LogP contribution in [0, 0.1) is 6.92 Å². The minimum absolute atomic E-state index is 0.0745. The highest BCUT2D eigenvalue weighted by molar-refractivity contribution is 5.98. The lowest BCUT2D eigenvalue weighted by Gasteiger charge is -2.11. The van der Waals surface area contributed by atoms with E-state index >= 15 is 0 Å². The van der Waals surface area contributed by atoms with E-state index in [2.05, 4.69) is 0 Å². The van der Waals surface area contributed by atoms with Crippen LogP contribution >= 0.6 is 0 Å². The van der Waals surface area contributed by atoms with Crippen LogP contribution in [0.1, 0.15) is 21.5 Å². The minimum Gasteiger partial charge on any atom is -0.504 e. The molecule has 1 heterocycles. The molecule has 1 aliphatic heterocycles. The molecule has 0 aliphatic carbocycles. The summed E-state index contributed by atoms with van der Waals surface area (Å²) in [6.07, 6.45) is 0. The number of phenolic OH excluding ortho intramolecular Hbond substituents is 2. The summed E-state index contributed by atoms with van der Waals surface area (Å²) in [6, 6.07) is 0. The predicted octanol–water partition coefficient (Wildman–Crippen LogP) is 1.09. The Hall–Kier alpha value is -1.91. The van der Waals surface area contributed by atoms with E-state index in [0.29, 0.717) is 11.1 Å². The Bertz CT molecular complexity index is 450. The minimum atomic E-state index is -0.594. The van der Waals surface area contributed by atoms with Gasteiger partial charge in [0.05, 0.1) is 7.11 Å². The van der Waals surface area contributed by atoms with Gasteiger partial charge in [-0.2, -0.15) is 0 Å². The highest BCUT2D eigenvalue weighted by atomic mass is 16.5. The Morgan fingerprint density at radius 3 is 2.60 bits per heavy atom. The standard InChI is InChI=1S/C10H10O5/c1-4-5-3-15-10(13)6(5)8(12)9(14-2)7(4)11/h11-12H,3H2,1-2H3. The fourth-order valence-electron chi connectivity index (χ4n) is 1.67. The zero-order chi connectivity index (χ0) is 11.2. The molecule has 0 amide bonds. The Balaban J connectivity index is 2.80. The van der Waals surface area contributed by atoms with Gasteiger partial charge < -0.3 is 19.7 Å². The lowest BCUT2D eigenvalue weighted by Crippen LogP contribution is -1.98. The van der Waals surface area contributed by atoms with Gasteiger partial charge in [0, 0.05) is 11.1 Å². The first-order valence-corrected chi connectivity index (χ1v) is 4.36. The van der Waals surface area contributed by atoms with Gasteiger partial charge in [0.25, 0.3) is 0 Å². The van der Waals surface area contributed by atoms with Crippen LogP contribution in [-0.2, 0) is 11.3 Å². The Labute approximate surface area is 85.9 Å². The molecular formula is C10H10O5. The van der Waals surface area contributed by atoms with E-state index < -0.39 is 5.97 Å². The summed E-state index contributed by atoms with van der Waals surface area (Å²) in [5, 5.41) is 19.4. The van der Waals surface area contributed by atoms with E-state index in [1.807, 2.05) is 0 Å². The molecule has 0 aromatic heterocycles. The van der Waals surface area contributed by atoms with Crippen molar-refractivity contribution in [2.45, 2.75) is 13.5 Å². The van der Waals surface area contributed by atoms with Crippen molar-refractivity contribution in [1.29, 1.82) is 0 Å². The van der Waals surface area contributed by atoms with Crippen LogP contribution in [0.15, 0.2) is 0 Å². The Morgan fingerprint density at radius 1 is 1.33 bits per heavy atom. The number of phenols is 2. The Kier molecular flexibility index (Phi) is 1.96. The van der Waals surface area contributed by atoms with Crippen LogP contribution in [0.4, 0.5) is 0 Å². The van der Waals surface area contributed by atoms with E-state index in [1.165, 1.54) is 7.11 Å². The topological polar surface area (TPSA) is 76.0 Å². The second-order valence-electron chi connectivity index (χ2n) is 3.29. The molecule has 1 aromatic rings. The summed E-state index contributed by atoms with van der Waals surface area (Å²) in [5.74, 6) is -1.21. The lowest BCUT2D eigenvalue weighted by atomic mass is 10.0. The number of carbonyl (C=O) groups is 1. The first-order chi connectivity index (χ1) is 7.07. The van der Waals surface area contributed by atoms with Crippen molar-refractivity contribution < 1.29 is 24.5 Å². The van der Waals surface area contributed by atoms with Crippen molar-refractivity contribution in [3.05, 3.63) is 16.7 Å². The smallest absolute Gasteiger partial charge is 0.342 e. The molecule has 0 saturated heterocycles. The summed E-state index contributed by atoms with van der Waals surface area (Å²) in [7, 11) is 1.31. The molecule has 15 heavy (non-hydrogen) atoms. The number of fused-ring (bicyclic) bond motifs is 1. The molecular weight excluding hydrogens is 200 g/mol. The molecule has 0 radical (unpaired) electrons. The van der Waals surface area contributed by atoms with E-state index in [1.54, 1.807) is 6.92 Å². The number of benzene rings is 1. The van der Waals surface area contributed by atoms with E-state index in [9.17, 15) is 15.0 Å². The van der Waals surface area contributed by atoms with Gasteiger partial charge in [0.2, 0.25) is 5.75 Å². The third kappa shape index (κ3) is 1.12. The zero-order valence-electron chi connectivity index (χ0n) is 8.33. The van der Waals surface area contributed by atoms with Crippen molar-refractivity contribution in [3.8, 4) is 17.2 Å². The number of hydrogen-bond acceptors (Lipinski definition) is 5. The molecule has 0 bridgehead atoms. The number of rotatable bonds is 1. The fourth-order valence-corrected chi connectivity index (χ4v) is 1.67. The van der Waals surface area contributed by atoms with Crippen LogP contribution < -0.4 is 4.74 Å². The van der Waals surface area contributed by atoms with Gasteiger partial charge >= 0.3 is 5.97 Å². The highest BCUT2D eigenvalue weighted by Gasteiger charge is 2.32. The number of esters is 1. The van der Waals surface area contributed by atoms with Gasteiger partial charge in [-0.1, -0.05) is 0 Å². The molecule has 1 aliphatic rings. The number of methoxy groups -OCH3 is 1. The molecule has 5 heteroatoms. The maximum Gasteiger partial charge on any atom is 0.342 e. The predicted molar refractivity (Wildman–Crippen MR) is 50.2 cm³/mol. The molecule has 0 fully saturated rings. The fraction of sp³-hybridized carbons (Fsp3) is 0.300. The second kappa shape index (κ2) is 3.05. The first-order valence-electron chi connectivity index (χ1n) is 4.36. The molecule has 0 spiro atoms. The molecule has 80 valence electrons. The molecule has 2 N–H and O–H groups in total. The first kappa shape index (κ1) is 9.64. The van der Waals surface area contributed by atoms with Crippen LogP contribution in [0.5, 0.6) is 17.2 Å².